The zero-order valence-electron chi connectivity index (χ0n) is 17.1. The second-order valence-electron chi connectivity index (χ2n) is 6.94. The smallest absolute Gasteiger partial charge is 0.266 e. The minimum atomic E-state index is -0.503. The highest BCUT2D eigenvalue weighted by molar-refractivity contribution is 9.10. The van der Waals surface area contributed by atoms with E-state index in [9.17, 15) is 14.4 Å². The number of ether oxygens (including phenoxy) is 1. The fourth-order valence-corrected chi connectivity index (χ4v) is 3.65. The van der Waals surface area contributed by atoms with Crippen molar-refractivity contribution in [2.24, 2.45) is 0 Å². The van der Waals surface area contributed by atoms with Gasteiger partial charge in [0.05, 0.1) is 7.11 Å². The normalized spacial score (nSPS) is 11.0. The van der Waals surface area contributed by atoms with Crippen molar-refractivity contribution in [3.05, 3.63) is 98.8 Å². The first-order valence-electron chi connectivity index (χ1n) is 9.51. The zero-order valence-corrected chi connectivity index (χ0v) is 18.7. The third-order valence-electron chi connectivity index (χ3n) is 4.71. The van der Waals surface area contributed by atoms with Crippen LogP contribution in [0.2, 0.25) is 0 Å². The summed E-state index contributed by atoms with van der Waals surface area (Å²) < 4.78 is 20.3. The van der Waals surface area contributed by atoms with Gasteiger partial charge in [-0.15, -0.1) is 0 Å². The van der Waals surface area contributed by atoms with Gasteiger partial charge in [0.25, 0.3) is 5.91 Å². The number of anilines is 1. The van der Waals surface area contributed by atoms with Gasteiger partial charge in [-0.3, -0.25) is 4.79 Å². The number of benzene rings is 3. The lowest BCUT2D eigenvalue weighted by molar-refractivity contribution is -0.112. The Morgan fingerprint density at radius 3 is 2.55 bits per heavy atom. The molecule has 0 saturated carbocycles. The van der Waals surface area contributed by atoms with Crippen LogP contribution in [-0.4, -0.2) is 13.0 Å². The van der Waals surface area contributed by atoms with Gasteiger partial charge in [-0.05, 0) is 54.5 Å². The van der Waals surface area contributed by atoms with Crippen molar-refractivity contribution in [3.63, 3.8) is 0 Å². The summed E-state index contributed by atoms with van der Waals surface area (Å²) in [6.07, 6.45) is 1.82. The summed E-state index contributed by atoms with van der Waals surface area (Å²) in [5.41, 5.74) is 3.55. The van der Waals surface area contributed by atoms with Gasteiger partial charge >= 0.3 is 0 Å². The quantitative estimate of drug-likeness (QED) is 0.346. The van der Waals surface area contributed by atoms with Gasteiger partial charge < -0.3 is 10.1 Å². The summed E-state index contributed by atoms with van der Waals surface area (Å²) in [4.78, 5) is 12.5. The summed E-state index contributed by atoms with van der Waals surface area (Å²) in [7, 11) is 1.52. The number of carbonyl (C=O) groups is 1. The van der Waals surface area contributed by atoms with Crippen LogP contribution >= 0.6 is 15.9 Å². The van der Waals surface area contributed by atoms with Crippen LogP contribution in [0.5, 0.6) is 5.75 Å². The van der Waals surface area contributed by atoms with Gasteiger partial charge in [-0.25, -0.2) is 4.39 Å². The van der Waals surface area contributed by atoms with E-state index in [-0.39, 0.29) is 11.4 Å². The minimum Gasteiger partial charge on any atom is -0.496 e. The Labute approximate surface area is 189 Å². The summed E-state index contributed by atoms with van der Waals surface area (Å²) in [6, 6.07) is 19.3. The van der Waals surface area contributed by atoms with Crippen molar-refractivity contribution in [3.8, 4) is 11.8 Å². The Hall–Kier alpha value is -3.43. The molecule has 3 aromatic carbocycles. The summed E-state index contributed by atoms with van der Waals surface area (Å²) >= 11 is 3.52. The third kappa shape index (κ3) is 5.59. The first-order valence-corrected chi connectivity index (χ1v) is 10.3. The van der Waals surface area contributed by atoms with Crippen LogP contribution in [0.25, 0.3) is 6.08 Å². The first-order chi connectivity index (χ1) is 14.9. The van der Waals surface area contributed by atoms with Gasteiger partial charge in [-0.1, -0.05) is 51.8 Å². The number of halogens is 2. The van der Waals surface area contributed by atoms with E-state index in [0.29, 0.717) is 33.5 Å². The maximum atomic E-state index is 14.1. The zero-order chi connectivity index (χ0) is 22.4. The number of hydrogen-bond acceptors (Lipinski definition) is 3. The lowest BCUT2D eigenvalue weighted by atomic mass is 10.0. The Bertz CT molecular complexity index is 1180. The second kappa shape index (κ2) is 10.1. The third-order valence-corrected chi connectivity index (χ3v) is 5.41. The van der Waals surface area contributed by atoms with Crippen molar-refractivity contribution < 1.29 is 13.9 Å². The molecule has 0 spiro atoms. The number of rotatable bonds is 6. The highest BCUT2D eigenvalue weighted by Crippen LogP contribution is 2.32. The van der Waals surface area contributed by atoms with Crippen molar-refractivity contribution in [1.82, 2.24) is 0 Å². The highest BCUT2D eigenvalue weighted by Gasteiger charge is 2.15. The lowest BCUT2D eigenvalue weighted by Crippen LogP contribution is -2.13. The predicted octanol–water partition coefficient (Wildman–Crippen LogP) is 6.04. The highest BCUT2D eigenvalue weighted by atomic mass is 79.9. The maximum Gasteiger partial charge on any atom is 0.266 e. The molecular weight excluding hydrogens is 459 g/mol. The number of methoxy groups -OCH3 is 1. The van der Waals surface area contributed by atoms with Crippen molar-refractivity contribution in [2.75, 3.05) is 12.4 Å². The summed E-state index contributed by atoms with van der Waals surface area (Å²) in [6.45, 7) is 1.95. The van der Waals surface area contributed by atoms with Crippen LogP contribution in [0.15, 0.2) is 70.7 Å². The monoisotopic (exact) mass is 478 g/mol. The van der Waals surface area contributed by atoms with E-state index in [1.54, 1.807) is 42.5 Å². The molecule has 0 radical (unpaired) electrons. The van der Waals surface area contributed by atoms with E-state index in [2.05, 4.69) is 21.2 Å². The molecule has 6 heteroatoms. The molecule has 0 saturated heterocycles. The fourth-order valence-electron chi connectivity index (χ4n) is 3.05. The van der Waals surface area contributed by atoms with Crippen LogP contribution in [0.4, 0.5) is 10.1 Å². The molecule has 0 atom stereocenters. The molecule has 0 heterocycles. The van der Waals surface area contributed by atoms with E-state index in [4.69, 9.17) is 4.74 Å². The molecule has 4 nitrogen and oxygen atoms in total. The summed E-state index contributed by atoms with van der Waals surface area (Å²) in [5, 5.41) is 12.2. The van der Waals surface area contributed by atoms with E-state index in [1.807, 2.05) is 25.1 Å². The number of nitrogens with one attached hydrogen (secondary N) is 1. The van der Waals surface area contributed by atoms with Crippen molar-refractivity contribution >= 4 is 33.6 Å². The SMILES string of the molecule is COc1cc(/C=C(\C#N)C(=O)Nc2ccc(C)cc2)cc(Br)c1Cc1ccccc1F. The molecule has 1 amide bonds. The largest absolute Gasteiger partial charge is 0.496 e. The molecule has 3 rings (SSSR count). The predicted molar refractivity (Wildman–Crippen MR) is 123 cm³/mol. The Morgan fingerprint density at radius 1 is 1.19 bits per heavy atom. The second-order valence-corrected chi connectivity index (χ2v) is 7.80. The number of carbonyl (C=O) groups excluding carboxylic acids is 1. The Balaban J connectivity index is 1.89. The van der Waals surface area contributed by atoms with E-state index in [1.165, 1.54) is 19.3 Å². The van der Waals surface area contributed by atoms with Crippen molar-refractivity contribution in [1.29, 1.82) is 5.26 Å². The Morgan fingerprint density at radius 2 is 1.90 bits per heavy atom. The minimum absolute atomic E-state index is 0.0450. The fraction of sp³-hybridized carbons (Fsp3) is 0.120. The van der Waals surface area contributed by atoms with Gasteiger partial charge in [0.15, 0.2) is 0 Å². The number of amides is 1. The number of nitrogens with zero attached hydrogens (tertiary/aromatic N) is 1. The van der Waals surface area contributed by atoms with E-state index in [0.717, 1.165) is 11.1 Å². The van der Waals surface area contributed by atoms with Crippen molar-refractivity contribution in [2.45, 2.75) is 13.3 Å². The van der Waals surface area contributed by atoms with Gasteiger partial charge in [0, 0.05) is 22.1 Å². The average molecular weight is 479 g/mol. The number of nitriles is 1. The molecule has 0 aliphatic rings. The standard InChI is InChI=1S/C25H20BrFN2O2/c1-16-7-9-20(10-8-16)29-25(30)19(15-28)11-17-12-22(26)21(24(13-17)31-2)14-18-5-3-4-6-23(18)27/h3-13H,14H2,1-2H3,(H,29,30)/b19-11+. The molecular formula is C25H20BrFN2O2. The van der Waals surface area contributed by atoms with Gasteiger partial charge in [-0.2, -0.15) is 5.26 Å². The van der Waals surface area contributed by atoms with E-state index < -0.39 is 5.91 Å². The summed E-state index contributed by atoms with van der Waals surface area (Å²) in [5.74, 6) is -0.267. The maximum absolute atomic E-state index is 14.1. The number of hydrogen-bond donors (Lipinski definition) is 1. The topological polar surface area (TPSA) is 62.1 Å². The molecule has 1 N–H and O–H groups in total. The lowest BCUT2D eigenvalue weighted by Gasteiger charge is -2.13. The molecule has 0 aromatic heterocycles. The molecule has 156 valence electrons. The van der Waals surface area contributed by atoms with Crippen LogP contribution in [0.3, 0.4) is 0 Å². The molecule has 0 unspecified atom stereocenters. The van der Waals surface area contributed by atoms with Gasteiger partial charge in [0.1, 0.15) is 23.2 Å². The molecule has 0 aliphatic heterocycles. The van der Waals surface area contributed by atoms with E-state index >= 15 is 0 Å². The van der Waals surface area contributed by atoms with Crippen LogP contribution in [-0.2, 0) is 11.2 Å². The first kappa shape index (κ1) is 22.3. The van der Waals surface area contributed by atoms with Crippen LogP contribution in [0.1, 0.15) is 22.3 Å². The average Bonchev–Trinajstić information content (AvgIpc) is 2.76. The molecule has 31 heavy (non-hydrogen) atoms. The molecule has 0 aliphatic carbocycles. The number of aryl methyl sites for hydroxylation is 1. The van der Waals surface area contributed by atoms with Crippen LogP contribution in [0, 0.1) is 24.1 Å². The van der Waals surface area contributed by atoms with Crippen LogP contribution < -0.4 is 10.1 Å². The molecule has 3 aromatic rings. The molecule has 0 fully saturated rings. The Kier molecular flexibility index (Phi) is 7.22. The molecule has 0 bridgehead atoms. The van der Waals surface area contributed by atoms with Gasteiger partial charge in [0.2, 0.25) is 0 Å².